The third-order valence-corrected chi connectivity index (χ3v) is 12.9. The Morgan fingerprint density at radius 2 is 1.80 bits per heavy atom. The van der Waals surface area contributed by atoms with Crippen molar-refractivity contribution >= 4 is 38.6 Å². The molecular weight excluding hydrogens is 509 g/mol. The first-order chi connectivity index (χ1) is 16.8. The van der Waals surface area contributed by atoms with Crippen molar-refractivity contribution in [2.75, 3.05) is 33.5 Å². The van der Waals surface area contributed by atoms with Gasteiger partial charge in [-0.25, -0.2) is 0 Å². The van der Waals surface area contributed by atoms with Gasteiger partial charge in [-0.2, -0.15) is 10.5 Å². The van der Waals surface area contributed by atoms with Crippen LogP contribution in [0.3, 0.4) is 0 Å². The zero-order valence-electron chi connectivity index (χ0n) is 22.6. The van der Waals surface area contributed by atoms with Crippen LogP contribution in [0, 0.1) is 22.7 Å². The van der Waals surface area contributed by atoms with Gasteiger partial charge in [-0.3, -0.25) is 0 Å². The van der Waals surface area contributed by atoms with Gasteiger partial charge in [0.2, 0.25) is 0 Å². The quantitative estimate of drug-likeness (QED) is 0.153. The minimum Gasteiger partial charge on any atom is -0.409 e. The Bertz CT molecular complexity index is 795. The molecule has 2 radical (unpaired) electrons. The molecule has 0 bridgehead atoms. The molecule has 0 N–H and O–H groups in total. The SMILES string of the molecule is [2H]CCOP(OCCC#N)OC[C@H]1O[C@@H]([B])C(O[Si](C)(C)C(C)(C)C)[C@H]1OP(=C)(OC)OCCC#N. The van der Waals surface area contributed by atoms with Gasteiger partial charge in [0.25, 0.3) is 7.57 Å². The highest BCUT2D eigenvalue weighted by Gasteiger charge is 2.50. The third-order valence-electron chi connectivity index (χ3n) is 5.60. The molecule has 0 aromatic carbocycles. The second kappa shape index (κ2) is 15.2. The Morgan fingerprint density at radius 3 is 2.37 bits per heavy atom. The standard InChI is InChI=1S/C21H39BN2O8P2Si/c1-9-26-33(27-14-10-12-23)28-16-17-18(31-34(6,25-5)29-15-11-13-24)19(20(22)30-17)32-35(7,8)21(2,3)4/h17-20H,6,9-11,14-16H2,1-5,7-8H3/t17-,18+,19?,20-,33?,34?/m1/s1/i1D. The smallest absolute Gasteiger partial charge is 0.332 e. The van der Waals surface area contributed by atoms with Crippen LogP contribution < -0.4 is 0 Å². The second-order valence-corrected chi connectivity index (χ2v) is 17.2. The van der Waals surface area contributed by atoms with E-state index < -0.39 is 48.8 Å². The summed E-state index contributed by atoms with van der Waals surface area (Å²) in [6.07, 6.45) is 2.22. The molecule has 1 fully saturated rings. The van der Waals surface area contributed by atoms with Gasteiger partial charge in [-0.1, -0.05) is 20.8 Å². The van der Waals surface area contributed by atoms with E-state index in [-0.39, 0.29) is 51.2 Å². The molecule has 1 rings (SSSR count). The summed E-state index contributed by atoms with van der Waals surface area (Å²) in [5.41, 5.74) is 0. The van der Waals surface area contributed by atoms with Gasteiger partial charge in [0.1, 0.15) is 20.1 Å². The Morgan fingerprint density at radius 1 is 1.14 bits per heavy atom. The fraction of sp³-hybridized carbons (Fsp3) is 0.857. The molecule has 1 aliphatic heterocycles. The summed E-state index contributed by atoms with van der Waals surface area (Å²) in [4.78, 5) is 0. The highest BCUT2D eigenvalue weighted by molar-refractivity contribution is 7.59. The molecule has 6 atom stereocenters. The molecular formula is C21H39BN2O8P2Si. The largest absolute Gasteiger partial charge is 0.409 e. The number of ether oxygens (including phenoxy) is 1. The molecule has 0 amide bonds. The molecule has 3 unspecified atom stereocenters. The van der Waals surface area contributed by atoms with E-state index in [1.807, 2.05) is 12.1 Å². The Labute approximate surface area is 215 Å². The van der Waals surface area contributed by atoms with E-state index in [1.165, 1.54) is 7.11 Å². The first kappa shape index (κ1) is 30.9. The summed E-state index contributed by atoms with van der Waals surface area (Å²) in [5, 5.41) is 17.5. The van der Waals surface area contributed by atoms with Crippen molar-refractivity contribution in [3.05, 3.63) is 0 Å². The fourth-order valence-electron chi connectivity index (χ4n) is 2.70. The molecule has 1 saturated heterocycles. The molecule has 35 heavy (non-hydrogen) atoms. The molecule has 1 heterocycles. The van der Waals surface area contributed by atoms with Crippen molar-refractivity contribution in [2.45, 2.75) is 83.0 Å². The zero-order valence-corrected chi connectivity index (χ0v) is 24.4. The monoisotopic (exact) mass is 549 g/mol. The van der Waals surface area contributed by atoms with Crippen LogP contribution in [0.5, 0.6) is 0 Å². The van der Waals surface area contributed by atoms with E-state index in [0.29, 0.717) is 0 Å². The van der Waals surface area contributed by atoms with Gasteiger partial charge in [0.15, 0.2) is 8.32 Å². The van der Waals surface area contributed by atoms with Crippen molar-refractivity contribution in [1.29, 1.82) is 10.5 Å². The number of hydrogen-bond acceptors (Lipinski definition) is 10. The molecule has 198 valence electrons. The van der Waals surface area contributed by atoms with Crippen molar-refractivity contribution < 1.29 is 37.7 Å². The fourth-order valence-corrected chi connectivity index (χ4v) is 6.13. The summed E-state index contributed by atoms with van der Waals surface area (Å²) in [5.74, 6) is 0. The van der Waals surface area contributed by atoms with Crippen molar-refractivity contribution in [3.63, 3.8) is 0 Å². The lowest BCUT2D eigenvalue weighted by atomic mass is 9.93. The number of nitrogens with zero attached hydrogens (tertiary/aromatic N) is 2. The van der Waals surface area contributed by atoms with Crippen LogP contribution in [-0.2, 0) is 36.3 Å². The third kappa shape index (κ3) is 10.5. The summed E-state index contributed by atoms with van der Waals surface area (Å²) in [6, 6.07) is 3.19. The second-order valence-electron chi connectivity index (χ2n) is 9.18. The van der Waals surface area contributed by atoms with Crippen molar-refractivity contribution in [3.8, 4) is 12.1 Å². The van der Waals surface area contributed by atoms with Crippen LogP contribution in [0.2, 0.25) is 18.1 Å². The summed E-state index contributed by atoms with van der Waals surface area (Å²) in [7, 11) is 0.578. The Hall–Kier alpha value is -0.328. The van der Waals surface area contributed by atoms with Crippen LogP contribution in [0.15, 0.2) is 0 Å². The van der Waals surface area contributed by atoms with E-state index in [1.54, 1.807) is 0 Å². The first-order valence-corrected chi connectivity index (χ1v) is 17.0. The van der Waals surface area contributed by atoms with E-state index in [2.05, 4.69) is 40.2 Å². The van der Waals surface area contributed by atoms with Gasteiger partial charge in [-0.15, -0.1) is 0 Å². The molecule has 1 aliphatic rings. The summed E-state index contributed by atoms with van der Waals surface area (Å²) < 4.78 is 54.2. The molecule has 0 saturated carbocycles. The van der Waals surface area contributed by atoms with E-state index in [0.717, 1.165) is 0 Å². The molecule has 0 aromatic rings. The van der Waals surface area contributed by atoms with Gasteiger partial charge in [0, 0.05) is 14.5 Å². The van der Waals surface area contributed by atoms with Crippen LogP contribution in [0.25, 0.3) is 0 Å². The number of rotatable bonds is 16. The average molecular weight is 549 g/mol. The van der Waals surface area contributed by atoms with E-state index in [4.69, 9.17) is 56.0 Å². The summed E-state index contributed by atoms with van der Waals surface area (Å²) in [6.45, 7) is 10.9. The molecule has 0 spiro atoms. The minimum atomic E-state index is -3.10. The van der Waals surface area contributed by atoms with Crippen LogP contribution in [-0.4, -0.2) is 80.3 Å². The highest BCUT2D eigenvalue weighted by atomic mass is 31.2. The Kier molecular flexibility index (Phi) is 13.4. The van der Waals surface area contributed by atoms with Gasteiger partial charge < -0.3 is 36.3 Å². The highest BCUT2D eigenvalue weighted by Crippen LogP contribution is 2.52. The molecule has 14 heteroatoms. The van der Waals surface area contributed by atoms with E-state index in [9.17, 15) is 0 Å². The lowest BCUT2D eigenvalue weighted by Crippen LogP contribution is -2.50. The maximum absolute atomic E-state index is 8.86. The number of nitriles is 2. The normalized spacial score (nSPS) is 25.9. The summed E-state index contributed by atoms with van der Waals surface area (Å²) >= 11 is 0. The van der Waals surface area contributed by atoms with Gasteiger partial charge in [-0.05, 0) is 31.3 Å². The predicted molar refractivity (Wildman–Crippen MR) is 139 cm³/mol. The van der Waals surface area contributed by atoms with Gasteiger partial charge in [0.05, 0.1) is 57.5 Å². The lowest BCUT2D eigenvalue weighted by Gasteiger charge is -2.41. The Balaban J connectivity index is 3.13. The van der Waals surface area contributed by atoms with Gasteiger partial charge >= 0.3 is 8.60 Å². The lowest BCUT2D eigenvalue weighted by molar-refractivity contribution is -0.00584. The maximum atomic E-state index is 8.86. The van der Waals surface area contributed by atoms with Crippen LogP contribution in [0.1, 0.15) is 41.9 Å². The van der Waals surface area contributed by atoms with Crippen LogP contribution >= 0.6 is 16.2 Å². The zero-order chi connectivity index (χ0) is 27.4. The first-order valence-electron chi connectivity index (χ1n) is 12.0. The average Bonchev–Trinajstić information content (AvgIpc) is 3.08. The maximum Gasteiger partial charge on any atom is 0.332 e. The molecule has 10 nitrogen and oxygen atoms in total. The van der Waals surface area contributed by atoms with Crippen molar-refractivity contribution in [1.82, 2.24) is 0 Å². The minimum absolute atomic E-state index is 0.0199. The number of hydrogen-bond donors (Lipinski definition) is 0. The molecule has 0 aliphatic carbocycles. The van der Waals surface area contributed by atoms with Crippen LogP contribution in [0.4, 0.5) is 0 Å². The molecule has 0 aromatic heterocycles. The van der Waals surface area contributed by atoms with Crippen molar-refractivity contribution in [2.24, 2.45) is 0 Å². The van der Waals surface area contributed by atoms with E-state index >= 15 is 0 Å². The predicted octanol–water partition coefficient (Wildman–Crippen LogP) is 4.64. The topological polar surface area (TPSA) is 121 Å².